The first-order chi connectivity index (χ1) is 9.75. The average molecular weight is 300 g/mol. The summed E-state index contributed by atoms with van der Waals surface area (Å²) >= 11 is 0. The van der Waals surface area contributed by atoms with Gasteiger partial charge >= 0.3 is 12.1 Å². The molecule has 114 valence electrons. The molecular weight excluding hydrogens is 285 g/mol. The van der Waals surface area contributed by atoms with Crippen molar-refractivity contribution >= 4 is 12.0 Å². The van der Waals surface area contributed by atoms with Crippen LogP contribution in [0.1, 0.15) is 23.6 Å². The molecular formula is C15H15F3O3. The number of hydrogen-bond acceptors (Lipinski definition) is 3. The summed E-state index contributed by atoms with van der Waals surface area (Å²) in [6.07, 6.45) is -5.77. The van der Waals surface area contributed by atoms with Crippen LogP contribution in [-0.2, 0) is 9.53 Å². The molecule has 3 nitrogen and oxygen atoms in total. The number of carbonyl (C=O) groups excluding carboxylic acids is 1. The van der Waals surface area contributed by atoms with Gasteiger partial charge in [0.25, 0.3) is 0 Å². The molecule has 0 aromatic heterocycles. The average Bonchev–Trinajstić information content (AvgIpc) is 2.41. The molecule has 1 heterocycles. The second-order valence-corrected chi connectivity index (χ2v) is 4.80. The largest absolute Gasteiger partial charge is 0.475 e. The summed E-state index contributed by atoms with van der Waals surface area (Å²) in [6, 6.07) is 3.45. The molecule has 1 aliphatic rings. The van der Waals surface area contributed by atoms with E-state index in [9.17, 15) is 18.0 Å². The molecule has 2 rings (SSSR count). The first kappa shape index (κ1) is 15.4. The van der Waals surface area contributed by atoms with Crippen molar-refractivity contribution in [2.24, 2.45) is 0 Å². The van der Waals surface area contributed by atoms with Gasteiger partial charge in [-0.3, -0.25) is 0 Å². The Hall–Kier alpha value is -1.98. The predicted molar refractivity (Wildman–Crippen MR) is 71.0 cm³/mol. The van der Waals surface area contributed by atoms with Crippen LogP contribution in [0.3, 0.4) is 0 Å². The predicted octanol–water partition coefficient (Wildman–Crippen LogP) is 3.57. The van der Waals surface area contributed by atoms with Gasteiger partial charge in [0.2, 0.25) is 6.10 Å². The van der Waals surface area contributed by atoms with Gasteiger partial charge in [0.15, 0.2) is 0 Å². The van der Waals surface area contributed by atoms with Gasteiger partial charge in [-0.25, -0.2) is 4.79 Å². The molecule has 1 atom stereocenters. The van der Waals surface area contributed by atoms with Crippen LogP contribution in [0.4, 0.5) is 13.2 Å². The molecule has 1 aromatic carbocycles. The zero-order chi connectivity index (χ0) is 15.8. The Bertz CT molecular complexity index is 603. The highest BCUT2D eigenvalue weighted by molar-refractivity contribution is 5.96. The van der Waals surface area contributed by atoms with E-state index in [1.54, 1.807) is 26.0 Å². The maximum Gasteiger partial charge on any atom is 0.430 e. The minimum Gasteiger partial charge on any atom is -0.475 e. The van der Waals surface area contributed by atoms with E-state index in [-0.39, 0.29) is 12.4 Å². The van der Waals surface area contributed by atoms with Crippen molar-refractivity contribution in [1.82, 2.24) is 0 Å². The Kier molecular flexibility index (Phi) is 3.98. The van der Waals surface area contributed by atoms with E-state index in [0.29, 0.717) is 11.1 Å². The van der Waals surface area contributed by atoms with Crippen LogP contribution in [-0.4, -0.2) is 24.9 Å². The second-order valence-electron chi connectivity index (χ2n) is 4.80. The maximum absolute atomic E-state index is 13.1. The zero-order valence-corrected chi connectivity index (χ0v) is 11.9. The molecule has 0 N–H and O–H groups in total. The third-order valence-electron chi connectivity index (χ3n) is 3.24. The van der Waals surface area contributed by atoms with Gasteiger partial charge in [-0.1, -0.05) is 12.1 Å². The number of aryl methyl sites for hydroxylation is 2. The summed E-state index contributed by atoms with van der Waals surface area (Å²) in [7, 11) is 0. The third-order valence-corrected chi connectivity index (χ3v) is 3.24. The Balaban J connectivity index is 2.58. The second kappa shape index (κ2) is 5.42. The zero-order valence-electron chi connectivity index (χ0n) is 11.9. The molecule has 0 saturated heterocycles. The number of halogens is 3. The lowest BCUT2D eigenvalue weighted by Gasteiger charge is -2.29. The summed E-state index contributed by atoms with van der Waals surface area (Å²) in [4.78, 5) is 11.8. The Morgan fingerprint density at radius 2 is 1.90 bits per heavy atom. The molecule has 0 amide bonds. The molecule has 0 bridgehead atoms. The summed E-state index contributed by atoms with van der Waals surface area (Å²) in [5.41, 5.74) is 1.28. The molecule has 0 radical (unpaired) electrons. The molecule has 1 unspecified atom stereocenters. The van der Waals surface area contributed by atoms with Gasteiger partial charge in [0, 0.05) is 5.56 Å². The number of ether oxygens (including phenoxy) is 2. The van der Waals surface area contributed by atoms with Crippen LogP contribution in [0.15, 0.2) is 17.7 Å². The minimum absolute atomic E-state index is 0.000404. The van der Waals surface area contributed by atoms with E-state index >= 15 is 0 Å². The summed E-state index contributed by atoms with van der Waals surface area (Å²) in [5.74, 6) is -0.850. The van der Waals surface area contributed by atoms with Gasteiger partial charge in [0.1, 0.15) is 5.75 Å². The fraction of sp³-hybridized carbons (Fsp3) is 0.400. The number of hydrogen-bond donors (Lipinski definition) is 0. The Labute approximate surface area is 120 Å². The molecule has 0 fully saturated rings. The Morgan fingerprint density at radius 3 is 2.48 bits per heavy atom. The summed E-state index contributed by atoms with van der Waals surface area (Å²) < 4.78 is 49.2. The lowest BCUT2D eigenvalue weighted by Crippen LogP contribution is -2.41. The third kappa shape index (κ3) is 2.89. The van der Waals surface area contributed by atoms with Gasteiger partial charge in [-0.2, -0.15) is 13.2 Å². The molecule has 21 heavy (non-hydrogen) atoms. The van der Waals surface area contributed by atoms with Crippen molar-refractivity contribution < 1.29 is 27.4 Å². The molecule has 0 aliphatic carbocycles. The van der Waals surface area contributed by atoms with Crippen LogP contribution in [0, 0.1) is 13.8 Å². The molecule has 1 aliphatic heterocycles. The number of fused-ring (bicyclic) bond motifs is 1. The van der Waals surface area contributed by atoms with Crippen LogP contribution >= 0.6 is 0 Å². The van der Waals surface area contributed by atoms with Gasteiger partial charge in [-0.15, -0.1) is 0 Å². The lowest BCUT2D eigenvalue weighted by molar-refractivity contribution is -0.188. The normalized spacial score (nSPS) is 17.6. The van der Waals surface area contributed by atoms with Gasteiger partial charge < -0.3 is 9.47 Å². The lowest BCUT2D eigenvalue weighted by atomic mass is 9.96. The van der Waals surface area contributed by atoms with E-state index in [2.05, 4.69) is 0 Å². The number of carbonyl (C=O) groups is 1. The van der Waals surface area contributed by atoms with Crippen molar-refractivity contribution in [3.05, 3.63) is 34.4 Å². The molecule has 1 aromatic rings. The monoisotopic (exact) mass is 300 g/mol. The van der Waals surface area contributed by atoms with E-state index in [1.165, 1.54) is 13.0 Å². The van der Waals surface area contributed by atoms with E-state index < -0.39 is 23.8 Å². The molecule has 6 heteroatoms. The number of benzene rings is 1. The standard InChI is InChI=1S/C15H15F3O3/c1-4-20-14(19)11-7-10-8(2)5-6-9(3)12(10)21-13(11)15(16,17)18/h5-7,13H,4H2,1-3H3. The van der Waals surface area contributed by atoms with Gasteiger partial charge in [-0.05, 0) is 38.0 Å². The molecule has 0 saturated carbocycles. The van der Waals surface area contributed by atoms with Crippen molar-refractivity contribution in [2.75, 3.05) is 6.61 Å². The van der Waals surface area contributed by atoms with Crippen molar-refractivity contribution in [1.29, 1.82) is 0 Å². The number of esters is 1. The molecule has 0 spiro atoms. The van der Waals surface area contributed by atoms with Gasteiger partial charge in [0.05, 0.1) is 12.2 Å². The fourth-order valence-electron chi connectivity index (χ4n) is 2.18. The number of rotatable bonds is 2. The smallest absolute Gasteiger partial charge is 0.430 e. The maximum atomic E-state index is 13.1. The SMILES string of the molecule is CCOC(=O)C1=Cc2c(C)ccc(C)c2OC1C(F)(F)F. The Morgan fingerprint density at radius 1 is 1.29 bits per heavy atom. The topological polar surface area (TPSA) is 35.5 Å². The van der Waals surface area contributed by atoms with E-state index in [4.69, 9.17) is 9.47 Å². The highest BCUT2D eigenvalue weighted by Gasteiger charge is 2.49. The van der Waals surface area contributed by atoms with Crippen LogP contribution in [0.5, 0.6) is 5.75 Å². The number of alkyl halides is 3. The fourth-order valence-corrected chi connectivity index (χ4v) is 2.18. The summed E-state index contributed by atoms with van der Waals surface area (Å²) in [5, 5.41) is 0. The van der Waals surface area contributed by atoms with Crippen LogP contribution in [0.25, 0.3) is 6.08 Å². The highest BCUT2D eigenvalue weighted by atomic mass is 19.4. The highest BCUT2D eigenvalue weighted by Crippen LogP contribution is 2.40. The quantitative estimate of drug-likeness (QED) is 0.783. The van der Waals surface area contributed by atoms with Crippen molar-refractivity contribution in [3.63, 3.8) is 0 Å². The van der Waals surface area contributed by atoms with Crippen molar-refractivity contribution in [3.8, 4) is 5.75 Å². The minimum atomic E-state index is -4.69. The summed E-state index contributed by atoms with van der Waals surface area (Å²) in [6.45, 7) is 4.94. The first-order valence-electron chi connectivity index (χ1n) is 6.48. The van der Waals surface area contributed by atoms with Crippen molar-refractivity contribution in [2.45, 2.75) is 33.1 Å². The van der Waals surface area contributed by atoms with E-state index in [1.807, 2.05) is 0 Å². The van der Waals surface area contributed by atoms with Crippen LogP contribution in [0.2, 0.25) is 0 Å². The van der Waals surface area contributed by atoms with E-state index in [0.717, 1.165) is 5.56 Å². The first-order valence-corrected chi connectivity index (χ1v) is 6.48. The van der Waals surface area contributed by atoms with Crippen LogP contribution < -0.4 is 4.74 Å².